The van der Waals surface area contributed by atoms with Crippen LogP contribution in [0.5, 0.6) is 0 Å². The van der Waals surface area contributed by atoms with Crippen LogP contribution in [-0.2, 0) is 8.85 Å². The average molecular weight is 205 g/mol. The molecule has 79 valence electrons. The van der Waals surface area contributed by atoms with Gasteiger partial charge in [0.2, 0.25) is 0 Å². The largest absolute Gasteiger partial charge is 0.422 e. The molecule has 0 aliphatic carbocycles. The Kier molecular flexibility index (Phi) is 6.53. The molecule has 0 saturated heterocycles. The summed E-state index contributed by atoms with van der Waals surface area (Å²) >= 11 is 0. The van der Waals surface area contributed by atoms with E-state index in [1.54, 1.807) is 14.2 Å². The van der Waals surface area contributed by atoms with Crippen LogP contribution in [0.15, 0.2) is 0 Å². The Labute approximate surface area is 82.6 Å². The van der Waals surface area contributed by atoms with Crippen LogP contribution >= 0.6 is 0 Å². The van der Waals surface area contributed by atoms with Crippen LogP contribution in [0.25, 0.3) is 0 Å². The number of rotatable bonds is 7. The minimum atomic E-state index is -1.42. The quantitative estimate of drug-likeness (QED) is 0.466. The standard InChI is InChI=1S/C8H21N2O2Si/c1-5-7-10-8(9,6-2)13(11-3)12-4/h10H,5-7,9H2,1-4H3. The van der Waals surface area contributed by atoms with E-state index < -0.39 is 14.6 Å². The van der Waals surface area contributed by atoms with E-state index in [2.05, 4.69) is 12.2 Å². The van der Waals surface area contributed by atoms with Gasteiger partial charge in [0.05, 0.1) is 0 Å². The van der Waals surface area contributed by atoms with Crippen LogP contribution in [0.2, 0.25) is 0 Å². The summed E-state index contributed by atoms with van der Waals surface area (Å²) in [6, 6.07) is 0. The highest BCUT2D eigenvalue weighted by molar-refractivity contribution is 6.48. The van der Waals surface area contributed by atoms with Gasteiger partial charge in [0, 0.05) is 14.2 Å². The second-order valence-electron chi connectivity index (χ2n) is 2.95. The van der Waals surface area contributed by atoms with E-state index >= 15 is 0 Å². The van der Waals surface area contributed by atoms with Crippen molar-refractivity contribution in [1.29, 1.82) is 0 Å². The van der Waals surface area contributed by atoms with Gasteiger partial charge in [-0.15, -0.1) is 0 Å². The molecule has 1 radical (unpaired) electrons. The number of hydrogen-bond acceptors (Lipinski definition) is 4. The van der Waals surface area contributed by atoms with Crippen molar-refractivity contribution in [3.63, 3.8) is 0 Å². The van der Waals surface area contributed by atoms with Gasteiger partial charge in [-0.1, -0.05) is 13.8 Å². The molecule has 0 aromatic heterocycles. The molecule has 0 saturated carbocycles. The topological polar surface area (TPSA) is 56.5 Å². The van der Waals surface area contributed by atoms with E-state index in [0.717, 1.165) is 19.4 Å². The first-order valence-electron chi connectivity index (χ1n) is 4.63. The minimum absolute atomic E-state index is 0.482. The summed E-state index contributed by atoms with van der Waals surface area (Å²) in [4.78, 5) is 0. The van der Waals surface area contributed by atoms with Crippen molar-refractivity contribution in [2.75, 3.05) is 20.8 Å². The van der Waals surface area contributed by atoms with Gasteiger partial charge in [0.15, 0.2) is 0 Å². The molecule has 0 aromatic carbocycles. The van der Waals surface area contributed by atoms with Crippen molar-refractivity contribution in [2.24, 2.45) is 5.73 Å². The molecule has 0 amide bonds. The molecule has 0 bridgehead atoms. The number of nitrogens with two attached hydrogens (primary N) is 1. The van der Waals surface area contributed by atoms with E-state index in [4.69, 9.17) is 14.6 Å². The third kappa shape index (κ3) is 3.74. The Morgan fingerprint density at radius 2 is 1.85 bits per heavy atom. The highest BCUT2D eigenvalue weighted by atomic mass is 28.3. The van der Waals surface area contributed by atoms with Gasteiger partial charge in [-0.25, -0.2) is 0 Å². The number of nitrogens with one attached hydrogen (secondary N) is 1. The lowest BCUT2D eigenvalue weighted by atomic mass is 10.3. The molecule has 4 nitrogen and oxygen atoms in total. The normalized spacial score (nSPS) is 16.2. The molecular weight excluding hydrogens is 184 g/mol. The summed E-state index contributed by atoms with van der Waals surface area (Å²) in [6.45, 7) is 5.03. The van der Waals surface area contributed by atoms with Crippen molar-refractivity contribution in [2.45, 2.75) is 32.0 Å². The first-order chi connectivity index (χ1) is 6.14. The SMILES string of the molecule is CCCNC(N)(CC)[Si](OC)OC. The summed E-state index contributed by atoms with van der Waals surface area (Å²) in [6.07, 6.45) is 1.87. The summed E-state index contributed by atoms with van der Waals surface area (Å²) in [5, 5.41) is 2.79. The van der Waals surface area contributed by atoms with Crippen molar-refractivity contribution >= 4 is 9.28 Å². The lowest BCUT2D eigenvalue weighted by Gasteiger charge is -2.32. The zero-order valence-electron chi connectivity index (χ0n) is 9.02. The fourth-order valence-electron chi connectivity index (χ4n) is 1.14. The molecule has 13 heavy (non-hydrogen) atoms. The van der Waals surface area contributed by atoms with Crippen LogP contribution in [0.3, 0.4) is 0 Å². The van der Waals surface area contributed by atoms with E-state index in [9.17, 15) is 0 Å². The Morgan fingerprint density at radius 1 is 1.31 bits per heavy atom. The smallest absolute Gasteiger partial charge is 0.395 e. The van der Waals surface area contributed by atoms with Gasteiger partial charge in [-0.3, -0.25) is 5.32 Å². The van der Waals surface area contributed by atoms with Gasteiger partial charge >= 0.3 is 9.28 Å². The maximum Gasteiger partial charge on any atom is 0.422 e. The summed E-state index contributed by atoms with van der Waals surface area (Å²) < 4.78 is 10.5. The Hall–Kier alpha value is 0.0569. The molecule has 0 fully saturated rings. The molecular formula is C8H21N2O2Si. The molecule has 1 atom stereocenters. The maximum atomic E-state index is 6.13. The third-order valence-corrected chi connectivity index (χ3v) is 3.98. The van der Waals surface area contributed by atoms with Gasteiger partial charge in [0.1, 0.15) is 5.29 Å². The molecule has 5 heteroatoms. The van der Waals surface area contributed by atoms with Gasteiger partial charge in [0.25, 0.3) is 0 Å². The zero-order chi connectivity index (χ0) is 10.3. The van der Waals surface area contributed by atoms with Crippen LogP contribution in [-0.4, -0.2) is 35.3 Å². The second kappa shape index (κ2) is 6.50. The molecule has 0 aliphatic heterocycles. The monoisotopic (exact) mass is 205 g/mol. The molecule has 0 heterocycles. The maximum absolute atomic E-state index is 6.13. The Bertz CT molecular complexity index is 133. The predicted molar refractivity (Wildman–Crippen MR) is 55.3 cm³/mol. The van der Waals surface area contributed by atoms with Crippen molar-refractivity contribution in [3.8, 4) is 0 Å². The average Bonchev–Trinajstić information content (AvgIpc) is 2.16. The predicted octanol–water partition coefficient (Wildman–Crippen LogP) is 0.371. The minimum Gasteiger partial charge on any atom is -0.395 e. The van der Waals surface area contributed by atoms with E-state index in [1.807, 2.05) is 6.92 Å². The first-order valence-corrected chi connectivity index (χ1v) is 5.95. The highest BCUT2D eigenvalue weighted by Crippen LogP contribution is 2.08. The van der Waals surface area contributed by atoms with E-state index in [0.29, 0.717) is 0 Å². The van der Waals surface area contributed by atoms with Crippen LogP contribution < -0.4 is 11.1 Å². The van der Waals surface area contributed by atoms with E-state index in [-0.39, 0.29) is 0 Å². The Morgan fingerprint density at radius 3 is 2.15 bits per heavy atom. The zero-order valence-corrected chi connectivity index (χ0v) is 10.0. The molecule has 0 aliphatic rings. The van der Waals surface area contributed by atoms with Crippen LogP contribution in [0.1, 0.15) is 26.7 Å². The molecule has 3 N–H and O–H groups in total. The van der Waals surface area contributed by atoms with Crippen LogP contribution in [0.4, 0.5) is 0 Å². The summed E-state index contributed by atoms with van der Waals surface area (Å²) in [7, 11) is 1.87. The lowest BCUT2D eigenvalue weighted by molar-refractivity contribution is 0.222. The lowest BCUT2D eigenvalue weighted by Crippen LogP contribution is -2.65. The second-order valence-corrected chi connectivity index (χ2v) is 5.23. The molecule has 0 aromatic rings. The summed E-state index contributed by atoms with van der Waals surface area (Å²) in [5.41, 5.74) is 6.13. The van der Waals surface area contributed by atoms with Crippen molar-refractivity contribution < 1.29 is 8.85 Å². The van der Waals surface area contributed by atoms with Gasteiger partial charge in [-0.05, 0) is 19.4 Å². The number of hydrogen-bond donors (Lipinski definition) is 2. The molecule has 0 rings (SSSR count). The van der Waals surface area contributed by atoms with E-state index in [1.165, 1.54) is 0 Å². The Balaban J connectivity index is 4.21. The van der Waals surface area contributed by atoms with Crippen molar-refractivity contribution in [1.82, 2.24) is 5.32 Å². The van der Waals surface area contributed by atoms with Gasteiger partial charge < -0.3 is 14.6 Å². The molecule has 0 spiro atoms. The van der Waals surface area contributed by atoms with Crippen molar-refractivity contribution in [3.05, 3.63) is 0 Å². The fraction of sp³-hybridized carbons (Fsp3) is 1.00. The van der Waals surface area contributed by atoms with Gasteiger partial charge in [-0.2, -0.15) is 0 Å². The molecule has 1 unspecified atom stereocenters. The fourth-order valence-corrected chi connectivity index (χ4v) is 2.59. The summed E-state index contributed by atoms with van der Waals surface area (Å²) in [5.74, 6) is 0. The third-order valence-electron chi connectivity index (χ3n) is 1.98. The first kappa shape index (κ1) is 13.1. The van der Waals surface area contributed by atoms with Crippen LogP contribution in [0, 0.1) is 0 Å². The highest BCUT2D eigenvalue weighted by Gasteiger charge is 2.38.